The zero-order valence-corrected chi connectivity index (χ0v) is 8.53. The molecule has 4 heteroatoms. The van der Waals surface area contributed by atoms with E-state index in [-0.39, 0.29) is 11.9 Å². The number of esters is 1. The first kappa shape index (κ1) is 11.5. The van der Waals surface area contributed by atoms with Gasteiger partial charge in [-0.2, -0.15) is 0 Å². The Kier molecular flexibility index (Phi) is 5.80. The van der Waals surface area contributed by atoms with Crippen LogP contribution in [0.1, 0.15) is 20.3 Å². The quantitative estimate of drug-likeness (QED) is 0.417. The molecule has 0 aromatic carbocycles. The second-order valence-corrected chi connectivity index (χ2v) is 3.13. The van der Waals surface area contributed by atoms with E-state index in [9.17, 15) is 4.79 Å². The molecule has 0 aromatic heterocycles. The maximum atomic E-state index is 11.2. The second-order valence-electron chi connectivity index (χ2n) is 2.28. The van der Waals surface area contributed by atoms with Crippen molar-refractivity contribution in [3.05, 3.63) is 0 Å². The highest BCUT2D eigenvalue weighted by Crippen LogP contribution is 2.14. The van der Waals surface area contributed by atoms with Gasteiger partial charge in [0.15, 0.2) is 0 Å². The molecule has 0 saturated heterocycles. The first-order valence-corrected chi connectivity index (χ1v) is 5.18. The first-order valence-electron chi connectivity index (χ1n) is 3.96. The van der Waals surface area contributed by atoms with Crippen LogP contribution in [-0.2, 0) is 9.53 Å². The van der Waals surface area contributed by atoms with Gasteiger partial charge in [-0.1, -0.05) is 6.92 Å². The van der Waals surface area contributed by atoms with Crippen molar-refractivity contribution < 1.29 is 9.53 Å². The molecule has 0 bridgehead atoms. The van der Waals surface area contributed by atoms with Crippen molar-refractivity contribution in [2.45, 2.75) is 20.3 Å². The molecular formula is C8H15NO2S. The summed E-state index contributed by atoms with van der Waals surface area (Å²) in [7, 11) is 0. The molecule has 0 aliphatic heterocycles. The van der Waals surface area contributed by atoms with Crippen LogP contribution >= 0.6 is 11.8 Å². The highest BCUT2D eigenvalue weighted by molar-refractivity contribution is 8.13. The second kappa shape index (κ2) is 6.06. The van der Waals surface area contributed by atoms with Gasteiger partial charge in [0, 0.05) is 0 Å². The van der Waals surface area contributed by atoms with E-state index in [1.807, 2.05) is 6.92 Å². The molecule has 3 nitrogen and oxygen atoms in total. The van der Waals surface area contributed by atoms with Gasteiger partial charge in [0.05, 0.1) is 11.7 Å². The van der Waals surface area contributed by atoms with Crippen LogP contribution in [0.3, 0.4) is 0 Å². The fourth-order valence-electron chi connectivity index (χ4n) is 0.844. The normalized spacial score (nSPS) is 12.2. The smallest absolute Gasteiger partial charge is 0.315 e. The minimum Gasteiger partial charge on any atom is -0.465 e. The summed E-state index contributed by atoms with van der Waals surface area (Å²) in [5.41, 5.74) is 0. The van der Waals surface area contributed by atoms with E-state index in [1.54, 1.807) is 13.2 Å². The Morgan fingerprint density at radius 1 is 1.58 bits per heavy atom. The summed E-state index contributed by atoms with van der Waals surface area (Å²) in [5, 5.41) is 7.85. The molecule has 1 atom stereocenters. The van der Waals surface area contributed by atoms with Crippen LogP contribution in [0.15, 0.2) is 0 Å². The van der Waals surface area contributed by atoms with Crippen LogP contribution in [0, 0.1) is 11.3 Å². The molecule has 0 radical (unpaired) electrons. The zero-order chi connectivity index (χ0) is 9.56. The predicted molar refractivity (Wildman–Crippen MR) is 51.7 cm³/mol. The number of hydrogen-bond acceptors (Lipinski definition) is 4. The molecule has 1 unspecified atom stereocenters. The first-order chi connectivity index (χ1) is 5.67. The van der Waals surface area contributed by atoms with Crippen LogP contribution in [-0.4, -0.2) is 23.9 Å². The lowest BCUT2D eigenvalue weighted by Crippen LogP contribution is -2.22. The Morgan fingerprint density at radius 2 is 2.17 bits per heavy atom. The van der Waals surface area contributed by atoms with E-state index in [1.165, 1.54) is 11.8 Å². The molecule has 0 spiro atoms. The lowest BCUT2D eigenvalue weighted by Gasteiger charge is -2.12. The van der Waals surface area contributed by atoms with Gasteiger partial charge < -0.3 is 4.74 Å². The minimum absolute atomic E-state index is 0.278. The molecule has 0 amide bonds. The van der Waals surface area contributed by atoms with Crippen molar-refractivity contribution in [3.8, 4) is 0 Å². The summed E-state index contributed by atoms with van der Waals surface area (Å²) in [6.07, 6.45) is 2.43. The monoisotopic (exact) mass is 189 g/mol. The zero-order valence-electron chi connectivity index (χ0n) is 7.72. The summed E-state index contributed by atoms with van der Waals surface area (Å²) in [5.74, 6) is -0.640. The van der Waals surface area contributed by atoms with E-state index in [2.05, 4.69) is 0 Å². The molecule has 1 N–H and O–H groups in total. The Balaban J connectivity index is 4.14. The average Bonchev–Trinajstić information content (AvgIpc) is 2.06. The number of hydrogen-bond donors (Lipinski definition) is 1. The fraction of sp³-hybridized carbons (Fsp3) is 0.750. The molecule has 0 rings (SSSR count). The molecule has 12 heavy (non-hydrogen) atoms. The topological polar surface area (TPSA) is 50.2 Å². The number of carbonyl (C=O) groups excluding carboxylic acids is 1. The molecule has 0 aromatic rings. The highest BCUT2D eigenvalue weighted by Gasteiger charge is 2.21. The van der Waals surface area contributed by atoms with Crippen LogP contribution in [0.5, 0.6) is 0 Å². The number of ether oxygens (including phenoxy) is 1. The minimum atomic E-state index is -0.361. The van der Waals surface area contributed by atoms with E-state index in [0.29, 0.717) is 18.1 Å². The van der Waals surface area contributed by atoms with E-state index in [4.69, 9.17) is 10.1 Å². The highest BCUT2D eigenvalue weighted by atomic mass is 32.2. The van der Waals surface area contributed by atoms with Gasteiger partial charge in [0.25, 0.3) is 0 Å². The number of thioether (sulfide) groups is 1. The van der Waals surface area contributed by atoms with Crippen molar-refractivity contribution in [1.82, 2.24) is 0 Å². The maximum absolute atomic E-state index is 11.2. The summed E-state index contributed by atoms with van der Waals surface area (Å²) in [4.78, 5) is 11.2. The van der Waals surface area contributed by atoms with Gasteiger partial charge in [-0.25, -0.2) is 0 Å². The van der Waals surface area contributed by atoms with E-state index in [0.717, 1.165) is 0 Å². The molecular weight excluding hydrogens is 174 g/mol. The lowest BCUT2D eigenvalue weighted by molar-refractivity contribution is -0.145. The van der Waals surface area contributed by atoms with Gasteiger partial charge in [-0.3, -0.25) is 10.2 Å². The third kappa shape index (κ3) is 3.26. The third-order valence-electron chi connectivity index (χ3n) is 1.52. The number of carbonyl (C=O) groups is 1. The van der Waals surface area contributed by atoms with Gasteiger partial charge in [0.2, 0.25) is 0 Å². The summed E-state index contributed by atoms with van der Waals surface area (Å²) in [6.45, 7) is 4.04. The van der Waals surface area contributed by atoms with Crippen molar-refractivity contribution >= 4 is 22.8 Å². The Morgan fingerprint density at radius 3 is 2.50 bits per heavy atom. The Bertz CT molecular complexity index is 170. The van der Waals surface area contributed by atoms with Gasteiger partial charge in [0.1, 0.15) is 5.92 Å². The molecule has 0 aliphatic rings. The van der Waals surface area contributed by atoms with E-state index >= 15 is 0 Å². The van der Waals surface area contributed by atoms with Crippen LogP contribution in [0.2, 0.25) is 0 Å². The van der Waals surface area contributed by atoms with E-state index < -0.39 is 0 Å². The SMILES string of the molecule is CCOC(=O)C(CC)C(=N)SC. The molecule has 70 valence electrons. The summed E-state index contributed by atoms with van der Waals surface area (Å²) >= 11 is 1.29. The lowest BCUT2D eigenvalue weighted by atomic mass is 10.1. The largest absolute Gasteiger partial charge is 0.465 e. The summed E-state index contributed by atoms with van der Waals surface area (Å²) < 4.78 is 4.82. The van der Waals surface area contributed by atoms with Crippen molar-refractivity contribution in [1.29, 1.82) is 5.41 Å². The average molecular weight is 189 g/mol. The summed E-state index contributed by atoms with van der Waals surface area (Å²) in [6, 6.07) is 0. The van der Waals surface area contributed by atoms with Crippen LogP contribution in [0.25, 0.3) is 0 Å². The van der Waals surface area contributed by atoms with Crippen LogP contribution in [0.4, 0.5) is 0 Å². The Hall–Kier alpha value is -0.510. The maximum Gasteiger partial charge on any atom is 0.315 e. The number of rotatable bonds is 4. The fourth-order valence-corrected chi connectivity index (χ4v) is 1.39. The van der Waals surface area contributed by atoms with Crippen LogP contribution < -0.4 is 0 Å². The van der Waals surface area contributed by atoms with Crippen molar-refractivity contribution in [2.75, 3.05) is 12.9 Å². The van der Waals surface area contributed by atoms with Crippen molar-refractivity contribution in [2.24, 2.45) is 5.92 Å². The number of nitrogens with one attached hydrogen (secondary N) is 1. The molecule has 0 fully saturated rings. The molecule has 0 heterocycles. The molecule has 0 aliphatic carbocycles. The standard InChI is InChI=1S/C8H15NO2S/c1-4-6(7(9)12-3)8(10)11-5-2/h6,9H,4-5H2,1-3H3. The molecule has 0 saturated carbocycles. The van der Waals surface area contributed by atoms with Gasteiger partial charge >= 0.3 is 5.97 Å². The van der Waals surface area contributed by atoms with Gasteiger partial charge in [-0.15, -0.1) is 11.8 Å². The van der Waals surface area contributed by atoms with Gasteiger partial charge in [-0.05, 0) is 19.6 Å². The predicted octanol–water partition coefficient (Wildman–Crippen LogP) is 1.92. The van der Waals surface area contributed by atoms with Crippen molar-refractivity contribution in [3.63, 3.8) is 0 Å². The Labute approximate surface area is 77.4 Å². The third-order valence-corrected chi connectivity index (χ3v) is 2.24.